The Bertz CT molecular complexity index is 973. The number of methoxy groups -OCH3 is 1. The maximum Gasteiger partial charge on any atom is 0.243 e. The molecule has 0 saturated heterocycles. The Morgan fingerprint density at radius 3 is 2.40 bits per heavy atom. The molecule has 0 aliphatic heterocycles. The third kappa shape index (κ3) is 5.22. The second-order valence-corrected chi connectivity index (χ2v) is 10.3. The van der Waals surface area contributed by atoms with Crippen molar-refractivity contribution in [3.63, 3.8) is 0 Å². The Labute approximate surface area is 187 Å². The molecular formula is C22H27BrN2O4S. The largest absolute Gasteiger partial charge is 0.497 e. The molecule has 0 radical (unpaired) electrons. The third-order valence-corrected chi connectivity index (χ3v) is 7.95. The van der Waals surface area contributed by atoms with Gasteiger partial charge in [0.1, 0.15) is 5.75 Å². The fraction of sp³-hybridized carbons (Fsp3) is 0.409. The summed E-state index contributed by atoms with van der Waals surface area (Å²) < 4.78 is 34.4. The molecule has 0 spiro atoms. The van der Waals surface area contributed by atoms with Gasteiger partial charge in [0.05, 0.1) is 18.6 Å². The van der Waals surface area contributed by atoms with E-state index in [4.69, 9.17) is 4.74 Å². The molecule has 0 atom stereocenters. The van der Waals surface area contributed by atoms with Crippen LogP contribution >= 0.6 is 15.9 Å². The van der Waals surface area contributed by atoms with E-state index < -0.39 is 10.0 Å². The van der Waals surface area contributed by atoms with Gasteiger partial charge in [-0.05, 0) is 49.2 Å². The van der Waals surface area contributed by atoms with E-state index in [1.165, 1.54) is 9.21 Å². The molecule has 0 bridgehead atoms. The van der Waals surface area contributed by atoms with E-state index >= 15 is 0 Å². The van der Waals surface area contributed by atoms with Crippen LogP contribution < -0.4 is 9.64 Å². The van der Waals surface area contributed by atoms with Gasteiger partial charge in [-0.15, -0.1) is 0 Å². The number of carbonyl (C=O) groups is 1. The van der Waals surface area contributed by atoms with Gasteiger partial charge in [-0.3, -0.25) is 4.79 Å². The van der Waals surface area contributed by atoms with Gasteiger partial charge in [0.15, 0.2) is 0 Å². The van der Waals surface area contributed by atoms with E-state index in [-0.39, 0.29) is 23.4 Å². The number of halogens is 1. The van der Waals surface area contributed by atoms with Gasteiger partial charge >= 0.3 is 0 Å². The van der Waals surface area contributed by atoms with E-state index in [2.05, 4.69) is 15.9 Å². The van der Waals surface area contributed by atoms with Crippen molar-refractivity contribution >= 4 is 37.5 Å². The van der Waals surface area contributed by atoms with Crippen LogP contribution in [0.1, 0.15) is 32.1 Å². The fourth-order valence-corrected chi connectivity index (χ4v) is 5.62. The summed E-state index contributed by atoms with van der Waals surface area (Å²) in [6, 6.07) is 13.5. The van der Waals surface area contributed by atoms with Crippen LogP contribution in [0.5, 0.6) is 5.75 Å². The normalized spacial score (nSPS) is 15.2. The van der Waals surface area contributed by atoms with Gasteiger partial charge < -0.3 is 9.64 Å². The van der Waals surface area contributed by atoms with Crippen LogP contribution in [0, 0.1) is 0 Å². The maximum atomic E-state index is 13.5. The molecule has 6 nitrogen and oxygen atoms in total. The summed E-state index contributed by atoms with van der Waals surface area (Å²) in [5.74, 6) is 0.355. The summed E-state index contributed by atoms with van der Waals surface area (Å²) in [5.41, 5.74) is 0.656. The Hall–Kier alpha value is -1.90. The molecule has 30 heavy (non-hydrogen) atoms. The highest BCUT2D eigenvalue weighted by atomic mass is 79.9. The number of amides is 1. The van der Waals surface area contributed by atoms with Crippen molar-refractivity contribution < 1.29 is 17.9 Å². The van der Waals surface area contributed by atoms with Crippen molar-refractivity contribution in [1.82, 2.24) is 4.31 Å². The van der Waals surface area contributed by atoms with Crippen molar-refractivity contribution in [2.75, 3.05) is 25.6 Å². The molecule has 1 amide bonds. The predicted molar refractivity (Wildman–Crippen MR) is 121 cm³/mol. The van der Waals surface area contributed by atoms with Gasteiger partial charge in [-0.25, -0.2) is 8.42 Å². The number of sulfonamides is 1. The second-order valence-electron chi connectivity index (χ2n) is 7.45. The molecule has 0 heterocycles. The van der Waals surface area contributed by atoms with Crippen LogP contribution in [0.15, 0.2) is 57.9 Å². The molecule has 8 heteroatoms. The lowest BCUT2D eigenvalue weighted by Crippen LogP contribution is -2.47. The van der Waals surface area contributed by atoms with E-state index in [1.807, 2.05) is 0 Å². The lowest BCUT2D eigenvalue weighted by molar-refractivity contribution is -0.119. The van der Waals surface area contributed by atoms with Crippen molar-refractivity contribution in [3.05, 3.63) is 53.0 Å². The first kappa shape index (κ1) is 22.8. The monoisotopic (exact) mass is 494 g/mol. The number of ether oxygens (including phenoxy) is 1. The lowest BCUT2D eigenvalue weighted by Gasteiger charge is -2.34. The van der Waals surface area contributed by atoms with Crippen LogP contribution in [0.25, 0.3) is 0 Å². The zero-order valence-corrected chi connectivity index (χ0v) is 19.7. The molecule has 1 saturated carbocycles. The zero-order valence-electron chi connectivity index (χ0n) is 17.3. The maximum absolute atomic E-state index is 13.5. The molecule has 0 unspecified atom stereocenters. The summed E-state index contributed by atoms with van der Waals surface area (Å²) in [6.45, 7) is -0.198. The molecule has 1 aliphatic rings. The van der Waals surface area contributed by atoms with Crippen LogP contribution in [0.2, 0.25) is 0 Å². The molecule has 0 aromatic heterocycles. The fourth-order valence-electron chi connectivity index (χ4n) is 3.72. The van der Waals surface area contributed by atoms with E-state index in [0.717, 1.165) is 36.6 Å². The first-order valence-electron chi connectivity index (χ1n) is 10.0. The van der Waals surface area contributed by atoms with Gasteiger partial charge in [-0.1, -0.05) is 41.3 Å². The van der Waals surface area contributed by atoms with Gasteiger partial charge in [0, 0.05) is 29.3 Å². The number of likely N-dealkylation sites (N-methyl/N-ethyl adjacent to an activating group) is 1. The number of rotatable bonds is 7. The van der Waals surface area contributed by atoms with Gasteiger partial charge in [-0.2, -0.15) is 4.31 Å². The minimum absolute atomic E-state index is 0.171. The first-order valence-corrected chi connectivity index (χ1v) is 12.2. The first-order chi connectivity index (χ1) is 14.3. The quantitative estimate of drug-likeness (QED) is 0.570. The Morgan fingerprint density at radius 2 is 1.77 bits per heavy atom. The number of anilines is 1. The highest BCUT2D eigenvalue weighted by Crippen LogP contribution is 2.29. The molecular weight excluding hydrogens is 468 g/mol. The molecule has 2 aromatic rings. The Balaban J connectivity index is 1.88. The van der Waals surface area contributed by atoms with E-state index in [9.17, 15) is 13.2 Å². The number of hydrogen-bond acceptors (Lipinski definition) is 4. The average Bonchev–Trinajstić information content (AvgIpc) is 2.77. The number of hydrogen-bond donors (Lipinski definition) is 0. The summed E-state index contributed by atoms with van der Waals surface area (Å²) in [7, 11) is -0.580. The smallest absolute Gasteiger partial charge is 0.243 e. The second kappa shape index (κ2) is 9.94. The molecule has 0 N–H and O–H groups in total. The highest BCUT2D eigenvalue weighted by molar-refractivity contribution is 9.10. The standard InChI is InChI=1S/C22H27BrN2O4S/c1-24(19-9-6-10-20(15-19)29-2)22(26)16-25(18-7-4-3-5-8-18)30(27,28)21-13-11-17(23)12-14-21/h6,9-15,18H,3-5,7-8,16H2,1-2H3. The van der Waals surface area contributed by atoms with Gasteiger partial charge in [0.25, 0.3) is 0 Å². The number of nitrogens with zero attached hydrogens (tertiary/aromatic N) is 2. The Morgan fingerprint density at radius 1 is 1.10 bits per heavy atom. The lowest BCUT2D eigenvalue weighted by atomic mass is 9.95. The minimum atomic E-state index is -3.80. The van der Waals surface area contributed by atoms with Gasteiger partial charge in [0.2, 0.25) is 15.9 Å². The van der Waals surface area contributed by atoms with Crippen molar-refractivity contribution in [3.8, 4) is 5.75 Å². The number of carbonyl (C=O) groups excluding carboxylic acids is 1. The SMILES string of the molecule is COc1cccc(N(C)C(=O)CN(C2CCCCC2)S(=O)(=O)c2ccc(Br)cc2)c1. The zero-order chi connectivity index (χ0) is 21.7. The van der Waals surface area contributed by atoms with Crippen LogP contribution in [-0.2, 0) is 14.8 Å². The molecule has 1 fully saturated rings. The van der Waals surface area contributed by atoms with Crippen LogP contribution in [0.4, 0.5) is 5.69 Å². The van der Waals surface area contributed by atoms with Crippen molar-refractivity contribution in [1.29, 1.82) is 0 Å². The summed E-state index contributed by atoms with van der Waals surface area (Å²) in [5, 5.41) is 0. The minimum Gasteiger partial charge on any atom is -0.497 e. The highest BCUT2D eigenvalue weighted by Gasteiger charge is 2.34. The van der Waals surface area contributed by atoms with E-state index in [1.54, 1.807) is 62.7 Å². The summed E-state index contributed by atoms with van der Waals surface area (Å²) in [6.07, 6.45) is 4.58. The molecule has 162 valence electrons. The third-order valence-electron chi connectivity index (χ3n) is 5.51. The predicted octanol–water partition coefficient (Wildman–Crippen LogP) is 4.44. The van der Waals surface area contributed by atoms with Crippen molar-refractivity contribution in [2.45, 2.75) is 43.0 Å². The van der Waals surface area contributed by atoms with Crippen molar-refractivity contribution in [2.24, 2.45) is 0 Å². The molecule has 1 aliphatic carbocycles. The summed E-state index contributed by atoms with van der Waals surface area (Å²) in [4.78, 5) is 14.8. The molecule has 2 aromatic carbocycles. The average molecular weight is 495 g/mol. The van der Waals surface area contributed by atoms with Crippen LogP contribution in [0.3, 0.4) is 0 Å². The summed E-state index contributed by atoms with van der Waals surface area (Å²) >= 11 is 3.34. The molecule has 3 rings (SSSR count). The van der Waals surface area contributed by atoms with Crippen LogP contribution in [-0.4, -0.2) is 45.4 Å². The van der Waals surface area contributed by atoms with E-state index in [0.29, 0.717) is 11.4 Å². The topological polar surface area (TPSA) is 66.9 Å². The number of benzene rings is 2. The Kier molecular flexibility index (Phi) is 7.55.